The smallest absolute Gasteiger partial charge is 0.254 e. The van der Waals surface area contributed by atoms with Crippen molar-refractivity contribution >= 4 is 24.0 Å². The largest absolute Gasteiger partial charge is 0.394 e. The quantitative estimate of drug-likeness (QED) is 0.620. The van der Waals surface area contributed by atoms with Crippen LogP contribution in [0, 0.1) is 0 Å². The van der Waals surface area contributed by atoms with Gasteiger partial charge in [0.25, 0.3) is 5.91 Å². The highest BCUT2D eigenvalue weighted by Gasteiger charge is 2.54. The molecule has 33 heavy (non-hydrogen) atoms. The second-order valence-electron chi connectivity index (χ2n) is 8.48. The third-order valence-corrected chi connectivity index (χ3v) is 6.56. The first-order valence-corrected chi connectivity index (χ1v) is 11.1. The molecule has 2 aliphatic rings. The second kappa shape index (κ2) is 9.00. The highest BCUT2D eigenvalue weighted by atomic mass is 16.3. The summed E-state index contributed by atoms with van der Waals surface area (Å²) < 4.78 is 0. The molecule has 2 aliphatic heterocycles. The van der Waals surface area contributed by atoms with E-state index in [-0.39, 0.29) is 43.0 Å². The molecule has 3 heterocycles. The molecule has 3 aromatic rings. The maximum absolute atomic E-state index is 12.9. The predicted molar refractivity (Wildman–Crippen MR) is 126 cm³/mol. The SMILES string of the molecule is O=C(c1ccncc1)N1CC(=O)N2[C@H](CO)[C@H](c3ccc(/C=C/c4ccccc4)cc3)[C@@H]2C1. The first-order valence-electron chi connectivity index (χ1n) is 11.1. The Labute approximate surface area is 192 Å². The van der Waals surface area contributed by atoms with Crippen LogP contribution in [-0.4, -0.2) is 63.5 Å². The van der Waals surface area contributed by atoms with Crippen LogP contribution in [0.1, 0.15) is 33.0 Å². The molecule has 3 atom stereocenters. The van der Waals surface area contributed by atoms with Crippen LogP contribution in [-0.2, 0) is 4.79 Å². The van der Waals surface area contributed by atoms with Crippen molar-refractivity contribution in [3.8, 4) is 0 Å². The lowest BCUT2D eigenvalue weighted by molar-refractivity contribution is -0.159. The summed E-state index contributed by atoms with van der Waals surface area (Å²) in [6.07, 6.45) is 7.29. The molecule has 0 aliphatic carbocycles. The van der Waals surface area contributed by atoms with E-state index in [0.717, 1.165) is 16.7 Å². The Balaban J connectivity index is 1.34. The highest BCUT2D eigenvalue weighted by Crippen LogP contribution is 2.43. The molecule has 5 rings (SSSR count). The minimum absolute atomic E-state index is 0.0147. The summed E-state index contributed by atoms with van der Waals surface area (Å²) in [6.45, 7) is 0.384. The number of pyridine rings is 1. The average Bonchev–Trinajstić information content (AvgIpc) is 2.85. The van der Waals surface area contributed by atoms with E-state index in [0.29, 0.717) is 12.1 Å². The molecule has 2 saturated heterocycles. The summed E-state index contributed by atoms with van der Waals surface area (Å²) in [5, 5.41) is 10.00. The Morgan fingerprint density at radius 1 is 0.970 bits per heavy atom. The van der Waals surface area contributed by atoms with Crippen LogP contribution in [0.3, 0.4) is 0 Å². The van der Waals surface area contributed by atoms with Gasteiger partial charge in [-0.05, 0) is 28.8 Å². The topological polar surface area (TPSA) is 73.7 Å². The van der Waals surface area contributed by atoms with Gasteiger partial charge in [-0.3, -0.25) is 14.6 Å². The summed E-state index contributed by atoms with van der Waals surface area (Å²) >= 11 is 0. The molecule has 6 nitrogen and oxygen atoms in total. The Kier molecular flexibility index (Phi) is 5.75. The van der Waals surface area contributed by atoms with E-state index in [4.69, 9.17) is 0 Å². The van der Waals surface area contributed by atoms with Crippen LogP contribution in [0.15, 0.2) is 79.1 Å². The minimum Gasteiger partial charge on any atom is -0.394 e. The van der Waals surface area contributed by atoms with Crippen molar-refractivity contribution in [3.63, 3.8) is 0 Å². The molecule has 166 valence electrons. The van der Waals surface area contributed by atoms with Crippen molar-refractivity contribution in [1.82, 2.24) is 14.8 Å². The van der Waals surface area contributed by atoms with Gasteiger partial charge in [0.1, 0.15) is 6.54 Å². The zero-order valence-electron chi connectivity index (χ0n) is 18.1. The van der Waals surface area contributed by atoms with Crippen LogP contribution >= 0.6 is 0 Å². The average molecular weight is 440 g/mol. The van der Waals surface area contributed by atoms with E-state index in [2.05, 4.69) is 53.5 Å². The first-order chi connectivity index (χ1) is 16.2. The molecular weight excluding hydrogens is 414 g/mol. The molecule has 0 unspecified atom stereocenters. The summed E-state index contributed by atoms with van der Waals surface area (Å²) in [6, 6.07) is 21.3. The van der Waals surface area contributed by atoms with Gasteiger partial charge in [0, 0.05) is 30.4 Å². The maximum atomic E-state index is 12.9. The molecule has 0 saturated carbocycles. The number of carbonyl (C=O) groups excluding carboxylic acids is 2. The van der Waals surface area contributed by atoms with Gasteiger partial charge < -0.3 is 14.9 Å². The van der Waals surface area contributed by atoms with Gasteiger partial charge in [-0.1, -0.05) is 66.7 Å². The lowest BCUT2D eigenvalue weighted by atomic mass is 9.73. The molecule has 2 fully saturated rings. The lowest BCUT2D eigenvalue weighted by Gasteiger charge is -2.58. The number of benzene rings is 2. The van der Waals surface area contributed by atoms with Crippen LogP contribution in [0.4, 0.5) is 0 Å². The molecule has 6 heteroatoms. The van der Waals surface area contributed by atoms with E-state index >= 15 is 0 Å². The molecule has 2 aromatic carbocycles. The standard InChI is InChI=1S/C27H25N3O3/c31-18-24-26(21-10-8-20(9-11-21)7-6-19-4-2-1-3-5-19)23-16-29(17-25(32)30(23)24)27(33)22-12-14-28-15-13-22/h1-15,23-24,26,31H,16-18H2/b7-6+/t23-,24+,26+/m0/s1. The fraction of sp³-hybridized carbons (Fsp3) is 0.222. The summed E-state index contributed by atoms with van der Waals surface area (Å²) in [4.78, 5) is 33.1. The van der Waals surface area contributed by atoms with Gasteiger partial charge in [0.05, 0.1) is 18.7 Å². The van der Waals surface area contributed by atoms with Crippen molar-refractivity contribution in [3.05, 3.63) is 101 Å². The number of hydrogen-bond donors (Lipinski definition) is 1. The van der Waals surface area contributed by atoms with Gasteiger partial charge in [0.15, 0.2) is 0 Å². The van der Waals surface area contributed by atoms with Crippen molar-refractivity contribution in [2.75, 3.05) is 19.7 Å². The van der Waals surface area contributed by atoms with Gasteiger partial charge in [-0.25, -0.2) is 0 Å². The fourth-order valence-corrected chi connectivity index (χ4v) is 4.92. The molecular formula is C27H25N3O3. The molecule has 0 spiro atoms. The third-order valence-electron chi connectivity index (χ3n) is 6.56. The number of fused-ring (bicyclic) bond motifs is 1. The number of carbonyl (C=O) groups is 2. The van der Waals surface area contributed by atoms with E-state index in [1.807, 2.05) is 18.2 Å². The Morgan fingerprint density at radius 2 is 1.64 bits per heavy atom. The van der Waals surface area contributed by atoms with Gasteiger partial charge >= 0.3 is 0 Å². The highest BCUT2D eigenvalue weighted by molar-refractivity contribution is 5.97. The van der Waals surface area contributed by atoms with Gasteiger partial charge in [-0.15, -0.1) is 0 Å². The number of hydrogen-bond acceptors (Lipinski definition) is 4. The molecule has 1 N–H and O–H groups in total. The number of aliphatic hydroxyl groups is 1. The zero-order valence-corrected chi connectivity index (χ0v) is 18.1. The normalized spacial score (nSPS) is 22.2. The first kappa shape index (κ1) is 21.1. The van der Waals surface area contributed by atoms with Crippen molar-refractivity contribution in [2.45, 2.75) is 18.0 Å². The third kappa shape index (κ3) is 4.05. The van der Waals surface area contributed by atoms with E-state index < -0.39 is 0 Å². The molecule has 0 bridgehead atoms. The van der Waals surface area contributed by atoms with Crippen molar-refractivity contribution < 1.29 is 14.7 Å². The number of aromatic nitrogens is 1. The minimum atomic E-state index is -0.258. The van der Waals surface area contributed by atoms with Gasteiger partial charge in [-0.2, -0.15) is 0 Å². The van der Waals surface area contributed by atoms with Gasteiger partial charge in [0.2, 0.25) is 5.91 Å². The number of rotatable bonds is 5. The molecule has 2 amide bonds. The van der Waals surface area contributed by atoms with Crippen molar-refractivity contribution in [2.24, 2.45) is 0 Å². The second-order valence-corrected chi connectivity index (χ2v) is 8.48. The number of amides is 2. The van der Waals surface area contributed by atoms with Crippen LogP contribution < -0.4 is 0 Å². The number of piperazine rings is 1. The fourth-order valence-electron chi connectivity index (χ4n) is 4.92. The summed E-state index contributed by atoms with van der Waals surface area (Å²) in [5.74, 6) is -0.302. The van der Waals surface area contributed by atoms with Crippen LogP contribution in [0.25, 0.3) is 12.2 Å². The zero-order chi connectivity index (χ0) is 22.8. The molecule has 0 radical (unpaired) electrons. The lowest BCUT2D eigenvalue weighted by Crippen LogP contribution is -2.73. The number of aliphatic hydroxyl groups excluding tert-OH is 1. The van der Waals surface area contributed by atoms with Crippen LogP contribution in [0.2, 0.25) is 0 Å². The Morgan fingerprint density at radius 3 is 2.30 bits per heavy atom. The Hall–Kier alpha value is -3.77. The monoisotopic (exact) mass is 439 g/mol. The summed E-state index contributed by atoms with van der Waals surface area (Å²) in [7, 11) is 0. The number of nitrogens with zero attached hydrogens (tertiary/aromatic N) is 3. The maximum Gasteiger partial charge on any atom is 0.254 e. The van der Waals surface area contributed by atoms with E-state index in [1.165, 1.54) is 0 Å². The molecule has 1 aromatic heterocycles. The Bertz CT molecular complexity index is 1160. The van der Waals surface area contributed by atoms with E-state index in [1.54, 1.807) is 34.3 Å². The van der Waals surface area contributed by atoms with E-state index in [9.17, 15) is 14.7 Å². The van der Waals surface area contributed by atoms with Crippen molar-refractivity contribution in [1.29, 1.82) is 0 Å². The summed E-state index contributed by atoms with van der Waals surface area (Å²) in [5.41, 5.74) is 3.80. The van der Waals surface area contributed by atoms with Crippen LogP contribution in [0.5, 0.6) is 0 Å². The predicted octanol–water partition coefficient (Wildman–Crippen LogP) is 3.06.